The van der Waals surface area contributed by atoms with Crippen LogP contribution in [0.5, 0.6) is 5.75 Å². The molecule has 4 nitrogen and oxygen atoms in total. The fraction of sp³-hybridized carbons (Fsp3) is 0.143. The van der Waals surface area contributed by atoms with Crippen LogP contribution in [0.1, 0.15) is 0 Å². The number of methoxy groups -OCH3 is 1. The molecule has 0 heterocycles. The van der Waals surface area contributed by atoms with Crippen LogP contribution in [0.3, 0.4) is 0 Å². The topological polar surface area (TPSA) is 49.5 Å². The summed E-state index contributed by atoms with van der Waals surface area (Å²) in [6.45, 7) is 0. The molecule has 4 heteroatoms. The van der Waals surface area contributed by atoms with E-state index in [2.05, 4.69) is 0 Å². The Morgan fingerprint density at radius 1 is 1.45 bits per heavy atom. The third-order valence-electron chi connectivity index (χ3n) is 1.29. The zero-order valence-electron chi connectivity index (χ0n) is 6.02. The molecule has 1 aromatic rings. The van der Waals surface area contributed by atoms with Crippen LogP contribution in [-0.4, -0.2) is 17.2 Å². The zero-order chi connectivity index (χ0) is 8.27. The Balaban J connectivity index is 3.12. The number of nitrogens with zero attached hydrogens (tertiary/aromatic N) is 1. The highest BCUT2D eigenvalue weighted by Crippen LogP contribution is 2.24. The highest BCUT2D eigenvalue weighted by Gasteiger charge is 2.17. The van der Waals surface area contributed by atoms with Gasteiger partial charge in [-0.25, -0.2) is 5.21 Å². The molecule has 0 radical (unpaired) electrons. The van der Waals surface area contributed by atoms with Crippen LogP contribution in [0.2, 0.25) is 0 Å². The summed E-state index contributed by atoms with van der Waals surface area (Å²) in [5.41, 5.74) is 0.106. The molecule has 0 saturated carbocycles. The minimum absolute atomic E-state index is 0.106. The normalized spacial score (nSPS) is 9.18. The van der Waals surface area contributed by atoms with Gasteiger partial charge in [-0.3, -0.25) is 0 Å². The van der Waals surface area contributed by atoms with E-state index >= 15 is 0 Å². The second-order valence-corrected chi connectivity index (χ2v) is 1.94. The average molecular weight is 154 g/mol. The van der Waals surface area contributed by atoms with Gasteiger partial charge in [-0.15, -0.1) is 0 Å². The average Bonchev–Trinajstić information content (AvgIpc) is 2.04. The molecule has 0 bridgehead atoms. The Hall–Kier alpha value is -1.58. The van der Waals surface area contributed by atoms with E-state index in [0.29, 0.717) is 5.75 Å². The lowest BCUT2D eigenvalue weighted by atomic mass is 10.3. The van der Waals surface area contributed by atoms with Crippen LogP contribution in [0.15, 0.2) is 24.3 Å². The van der Waals surface area contributed by atoms with Crippen LogP contribution in [0, 0.1) is 4.91 Å². The Morgan fingerprint density at radius 2 is 2.09 bits per heavy atom. The number of ether oxygens (including phenoxy) is 1. The number of hydrogen-bond donors (Lipinski definition) is 1. The van der Waals surface area contributed by atoms with Crippen molar-refractivity contribution in [1.82, 2.24) is 0 Å². The maximum atomic E-state index is 10.4. The summed E-state index contributed by atoms with van der Waals surface area (Å²) in [4.78, 5) is 10.2. The standard InChI is InChI=1S/C7H8NO3/c1-11-7-5-3-2-4-6(7)8(9)10/h2-5H,1H3,(H,9,10)/q+1. The summed E-state index contributed by atoms with van der Waals surface area (Å²) >= 11 is 0. The van der Waals surface area contributed by atoms with Crippen LogP contribution >= 0.6 is 0 Å². The van der Waals surface area contributed by atoms with Crippen molar-refractivity contribution in [1.29, 1.82) is 0 Å². The van der Waals surface area contributed by atoms with E-state index in [0.717, 1.165) is 0 Å². The summed E-state index contributed by atoms with van der Waals surface area (Å²) in [6.07, 6.45) is 0. The summed E-state index contributed by atoms with van der Waals surface area (Å²) in [5.74, 6) is 0.352. The van der Waals surface area contributed by atoms with Gasteiger partial charge >= 0.3 is 5.69 Å². The first-order valence-corrected chi connectivity index (χ1v) is 3.05. The Bertz CT molecular complexity index is 272. The summed E-state index contributed by atoms with van der Waals surface area (Å²) in [5, 5.41) is 8.53. The van der Waals surface area contributed by atoms with Gasteiger partial charge in [-0.05, 0) is 6.07 Å². The van der Waals surface area contributed by atoms with E-state index in [1.807, 2.05) is 0 Å². The molecule has 0 aliphatic carbocycles. The maximum absolute atomic E-state index is 10.4. The minimum Gasteiger partial charge on any atom is -0.490 e. The van der Waals surface area contributed by atoms with E-state index in [4.69, 9.17) is 9.94 Å². The molecule has 0 unspecified atom stereocenters. The van der Waals surface area contributed by atoms with Gasteiger partial charge < -0.3 is 4.74 Å². The first-order valence-electron chi connectivity index (χ1n) is 3.05. The SMILES string of the molecule is COc1ccccc1[N+](=O)O. The Morgan fingerprint density at radius 3 is 2.55 bits per heavy atom. The van der Waals surface area contributed by atoms with Gasteiger partial charge in [0.1, 0.15) is 0 Å². The van der Waals surface area contributed by atoms with Crippen LogP contribution in [0.25, 0.3) is 0 Å². The van der Waals surface area contributed by atoms with E-state index in [-0.39, 0.29) is 10.6 Å². The highest BCUT2D eigenvalue weighted by atomic mass is 16.6. The van der Waals surface area contributed by atoms with Crippen molar-refractivity contribution in [2.24, 2.45) is 0 Å². The van der Waals surface area contributed by atoms with Gasteiger partial charge in [-0.1, -0.05) is 12.1 Å². The molecule has 0 amide bonds. The summed E-state index contributed by atoms with van der Waals surface area (Å²) in [7, 11) is 1.43. The fourth-order valence-electron chi connectivity index (χ4n) is 0.788. The second kappa shape index (κ2) is 3.01. The van der Waals surface area contributed by atoms with E-state index < -0.39 is 0 Å². The molecule has 0 fully saturated rings. The minimum atomic E-state index is -0.223. The molecule has 0 aliphatic rings. The molecule has 1 aromatic carbocycles. The third-order valence-corrected chi connectivity index (χ3v) is 1.29. The Labute approximate surface area is 63.6 Å². The van der Waals surface area contributed by atoms with Crippen molar-refractivity contribution in [3.63, 3.8) is 0 Å². The molecule has 0 spiro atoms. The number of benzene rings is 1. The van der Waals surface area contributed by atoms with Crippen molar-refractivity contribution in [3.05, 3.63) is 29.2 Å². The van der Waals surface area contributed by atoms with Gasteiger partial charge in [-0.2, -0.15) is 0 Å². The largest absolute Gasteiger partial charge is 0.490 e. The number of rotatable bonds is 2. The quantitative estimate of drug-likeness (QED) is 0.656. The van der Waals surface area contributed by atoms with Gasteiger partial charge in [0.05, 0.1) is 12.0 Å². The second-order valence-electron chi connectivity index (χ2n) is 1.94. The van der Waals surface area contributed by atoms with Gasteiger partial charge in [0, 0.05) is 6.07 Å². The van der Waals surface area contributed by atoms with Crippen molar-refractivity contribution in [2.45, 2.75) is 0 Å². The van der Waals surface area contributed by atoms with Gasteiger partial charge in [0.15, 0.2) is 0 Å². The van der Waals surface area contributed by atoms with Crippen molar-refractivity contribution in [2.75, 3.05) is 7.11 Å². The lowest BCUT2D eigenvalue weighted by Crippen LogP contribution is -1.94. The Kier molecular flexibility index (Phi) is 2.06. The zero-order valence-corrected chi connectivity index (χ0v) is 6.02. The molecule has 1 rings (SSSR count). The molecular weight excluding hydrogens is 146 g/mol. The lowest BCUT2D eigenvalue weighted by molar-refractivity contribution is -0.730. The van der Waals surface area contributed by atoms with Gasteiger partial charge in [0.2, 0.25) is 5.75 Å². The molecule has 1 N–H and O–H groups in total. The highest BCUT2D eigenvalue weighted by molar-refractivity contribution is 5.44. The monoisotopic (exact) mass is 154 g/mol. The molecule has 0 saturated heterocycles. The first kappa shape index (κ1) is 7.53. The smallest absolute Gasteiger partial charge is 0.357 e. The predicted octanol–water partition coefficient (Wildman–Crippen LogP) is 1.49. The van der Waals surface area contributed by atoms with Crippen LogP contribution in [-0.2, 0) is 0 Å². The van der Waals surface area contributed by atoms with Crippen LogP contribution in [0.4, 0.5) is 5.69 Å². The lowest BCUT2D eigenvalue weighted by Gasteiger charge is -1.95. The third kappa shape index (κ3) is 1.46. The number of hydrogen-bond acceptors (Lipinski definition) is 2. The number of para-hydroxylation sites is 2. The van der Waals surface area contributed by atoms with Crippen molar-refractivity contribution < 1.29 is 14.9 Å². The van der Waals surface area contributed by atoms with Crippen molar-refractivity contribution in [3.8, 4) is 5.75 Å². The molecular formula is C7H8NO3+. The first-order chi connectivity index (χ1) is 5.25. The summed E-state index contributed by atoms with van der Waals surface area (Å²) < 4.78 is 4.80. The fourth-order valence-corrected chi connectivity index (χ4v) is 0.788. The van der Waals surface area contributed by atoms with Gasteiger partial charge in [0.25, 0.3) is 4.92 Å². The van der Waals surface area contributed by atoms with Crippen LogP contribution < -0.4 is 4.74 Å². The molecule has 0 aliphatic heterocycles. The predicted molar refractivity (Wildman–Crippen MR) is 38.1 cm³/mol. The molecule has 11 heavy (non-hydrogen) atoms. The van der Waals surface area contributed by atoms with E-state index in [1.165, 1.54) is 13.2 Å². The summed E-state index contributed by atoms with van der Waals surface area (Å²) in [6, 6.07) is 6.41. The van der Waals surface area contributed by atoms with Crippen molar-refractivity contribution >= 4 is 5.69 Å². The maximum Gasteiger partial charge on any atom is 0.357 e. The molecule has 58 valence electrons. The molecule has 0 aromatic heterocycles. The van der Waals surface area contributed by atoms with E-state index in [9.17, 15) is 4.91 Å². The van der Waals surface area contributed by atoms with E-state index in [1.54, 1.807) is 18.2 Å². The molecule has 0 atom stereocenters.